The predicted molar refractivity (Wildman–Crippen MR) is 47.9 cm³/mol. The van der Waals surface area contributed by atoms with E-state index in [-0.39, 0.29) is 5.69 Å². The van der Waals surface area contributed by atoms with Gasteiger partial charge in [0.15, 0.2) is 0 Å². The van der Waals surface area contributed by atoms with Crippen LogP contribution in [0.15, 0.2) is 12.1 Å². The molecule has 1 aliphatic rings. The van der Waals surface area contributed by atoms with E-state index in [2.05, 4.69) is 5.32 Å². The molecule has 1 saturated carbocycles. The molecule has 0 heterocycles. The number of hydrogen-bond acceptors (Lipinski definition) is 1. The summed E-state index contributed by atoms with van der Waals surface area (Å²) in [5.41, 5.74) is 0.749. The quantitative estimate of drug-likeness (QED) is 0.743. The van der Waals surface area contributed by atoms with E-state index in [1.807, 2.05) is 0 Å². The van der Waals surface area contributed by atoms with Crippen LogP contribution in [0.25, 0.3) is 0 Å². The highest BCUT2D eigenvalue weighted by Crippen LogP contribution is 2.41. The molecule has 0 aliphatic heterocycles. The fraction of sp³-hybridized carbons (Fsp3) is 0.400. The van der Waals surface area contributed by atoms with Crippen LogP contribution in [-0.2, 0) is 0 Å². The first-order chi connectivity index (χ1) is 6.22. The number of halogens is 2. The van der Waals surface area contributed by atoms with Gasteiger partial charge in [-0.3, -0.25) is 0 Å². The minimum Gasteiger partial charge on any atom is -0.383 e. The fourth-order valence-corrected chi connectivity index (χ4v) is 1.48. The molecule has 0 atom stereocenters. The summed E-state index contributed by atoms with van der Waals surface area (Å²) in [6, 6.07) is 2.85. The maximum Gasteiger partial charge on any atom is 0.149 e. The van der Waals surface area contributed by atoms with E-state index in [1.54, 1.807) is 0 Å². The van der Waals surface area contributed by atoms with Crippen LogP contribution >= 0.6 is 0 Å². The lowest BCUT2D eigenvalue weighted by Crippen LogP contribution is -1.98. The molecule has 0 unspecified atom stereocenters. The molecular weight excluding hydrogens is 172 g/mol. The molecule has 1 aliphatic carbocycles. The maximum absolute atomic E-state index is 13.2. The molecule has 0 spiro atoms. The first-order valence-electron chi connectivity index (χ1n) is 4.39. The first kappa shape index (κ1) is 8.48. The molecule has 1 nitrogen and oxygen atoms in total. The van der Waals surface area contributed by atoms with E-state index in [0.29, 0.717) is 5.92 Å². The van der Waals surface area contributed by atoms with Gasteiger partial charge in [-0.1, -0.05) is 0 Å². The van der Waals surface area contributed by atoms with Gasteiger partial charge in [0, 0.05) is 7.05 Å². The minimum absolute atomic E-state index is 0.0376. The van der Waals surface area contributed by atoms with Gasteiger partial charge in [0.25, 0.3) is 0 Å². The summed E-state index contributed by atoms with van der Waals surface area (Å²) in [4.78, 5) is 0. The highest BCUT2D eigenvalue weighted by molar-refractivity contribution is 5.48. The molecule has 0 radical (unpaired) electrons. The topological polar surface area (TPSA) is 12.0 Å². The Morgan fingerprint density at radius 1 is 1.23 bits per heavy atom. The standard InChI is InChI=1S/C10H11F2N/c1-13-10-8(11)4-7(5-9(10)12)6-2-3-6/h4-6,13H,2-3H2,1H3. The molecule has 2 rings (SSSR count). The Bertz CT molecular complexity index is 309. The van der Waals surface area contributed by atoms with Crippen molar-refractivity contribution in [2.24, 2.45) is 0 Å². The van der Waals surface area contributed by atoms with Crippen LogP contribution in [-0.4, -0.2) is 7.05 Å². The van der Waals surface area contributed by atoms with E-state index >= 15 is 0 Å². The van der Waals surface area contributed by atoms with Gasteiger partial charge < -0.3 is 5.32 Å². The molecule has 1 N–H and O–H groups in total. The van der Waals surface area contributed by atoms with Gasteiger partial charge in [0.1, 0.15) is 17.3 Å². The van der Waals surface area contributed by atoms with Crippen LogP contribution in [0.3, 0.4) is 0 Å². The number of nitrogens with one attached hydrogen (secondary N) is 1. The molecule has 1 aromatic rings. The minimum atomic E-state index is -0.496. The van der Waals surface area contributed by atoms with Gasteiger partial charge in [-0.25, -0.2) is 8.78 Å². The van der Waals surface area contributed by atoms with Crippen molar-refractivity contribution < 1.29 is 8.78 Å². The zero-order valence-corrected chi connectivity index (χ0v) is 7.40. The molecule has 1 fully saturated rings. The van der Waals surface area contributed by atoms with E-state index in [1.165, 1.54) is 19.2 Å². The van der Waals surface area contributed by atoms with Crippen LogP contribution in [0.2, 0.25) is 0 Å². The summed E-state index contributed by atoms with van der Waals surface area (Å²) in [5, 5.41) is 2.50. The van der Waals surface area contributed by atoms with Gasteiger partial charge in [-0.2, -0.15) is 0 Å². The van der Waals surface area contributed by atoms with Crippen molar-refractivity contribution in [3.05, 3.63) is 29.3 Å². The lowest BCUT2D eigenvalue weighted by atomic mass is 10.1. The lowest BCUT2D eigenvalue weighted by molar-refractivity contribution is 0.586. The number of benzene rings is 1. The Hall–Kier alpha value is -1.12. The number of hydrogen-bond donors (Lipinski definition) is 1. The van der Waals surface area contributed by atoms with Crippen molar-refractivity contribution in [3.63, 3.8) is 0 Å². The third kappa shape index (κ3) is 1.50. The average Bonchev–Trinajstić information content (AvgIpc) is 2.85. The molecule has 0 bridgehead atoms. The van der Waals surface area contributed by atoms with E-state index in [4.69, 9.17) is 0 Å². The van der Waals surface area contributed by atoms with E-state index in [0.717, 1.165) is 18.4 Å². The second-order valence-electron chi connectivity index (χ2n) is 3.38. The third-order valence-corrected chi connectivity index (χ3v) is 2.36. The third-order valence-electron chi connectivity index (χ3n) is 2.36. The van der Waals surface area contributed by atoms with Crippen LogP contribution < -0.4 is 5.32 Å². The highest BCUT2D eigenvalue weighted by atomic mass is 19.1. The van der Waals surface area contributed by atoms with Gasteiger partial charge >= 0.3 is 0 Å². The Morgan fingerprint density at radius 2 is 1.77 bits per heavy atom. The van der Waals surface area contributed by atoms with Crippen molar-refractivity contribution in [1.82, 2.24) is 0 Å². The van der Waals surface area contributed by atoms with Crippen LogP contribution in [0.1, 0.15) is 24.3 Å². The molecule has 1 aromatic carbocycles. The maximum atomic E-state index is 13.2. The largest absolute Gasteiger partial charge is 0.383 e. The van der Waals surface area contributed by atoms with Crippen LogP contribution in [0.5, 0.6) is 0 Å². The second-order valence-corrected chi connectivity index (χ2v) is 3.38. The lowest BCUT2D eigenvalue weighted by Gasteiger charge is -2.06. The summed E-state index contributed by atoms with van der Waals surface area (Å²) in [7, 11) is 1.51. The van der Waals surface area contributed by atoms with E-state index < -0.39 is 11.6 Å². The van der Waals surface area contributed by atoms with Gasteiger partial charge in [-0.05, 0) is 36.5 Å². The van der Waals surface area contributed by atoms with Crippen LogP contribution in [0, 0.1) is 11.6 Å². The SMILES string of the molecule is CNc1c(F)cc(C2CC2)cc1F. The normalized spacial score (nSPS) is 15.9. The van der Waals surface area contributed by atoms with Crippen molar-refractivity contribution in [2.75, 3.05) is 12.4 Å². The summed E-state index contributed by atoms with van der Waals surface area (Å²) in [6.45, 7) is 0. The zero-order chi connectivity index (χ0) is 9.42. The van der Waals surface area contributed by atoms with Gasteiger partial charge in [0.2, 0.25) is 0 Å². The zero-order valence-electron chi connectivity index (χ0n) is 7.40. The monoisotopic (exact) mass is 183 g/mol. The fourth-order valence-electron chi connectivity index (χ4n) is 1.48. The molecule has 3 heteroatoms. The van der Waals surface area contributed by atoms with Crippen molar-refractivity contribution in [2.45, 2.75) is 18.8 Å². The molecule has 0 aromatic heterocycles. The second kappa shape index (κ2) is 2.98. The Balaban J connectivity index is 2.42. The summed E-state index contributed by atoms with van der Waals surface area (Å²) < 4.78 is 26.4. The van der Waals surface area contributed by atoms with Crippen molar-refractivity contribution in [1.29, 1.82) is 0 Å². The molecular formula is C10H11F2N. The molecule has 13 heavy (non-hydrogen) atoms. The van der Waals surface area contributed by atoms with Gasteiger partial charge in [0.05, 0.1) is 0 Å². The molecule has 0 amide bonds. The Kier molecular flexibility index (Phi) is 1.94. The average molecular weight is 183 g/mol. The highest BCUT2D eigenvalue weighted by Gasteiger charge is 2.25. The predicted octanol–water partition coefficient (Wildman–Crippen LogP) is 2.88. The smallest absolute Gasteiger partial charge is 0.149 e. The number of rotatable bonds is 2. The van der Waals surface area contributed by atoms with E-state index in [9.17, 15) is 8.78 Å². The Morgan fingerprint density at radius 3 is 2.15 bits per heavy atom. The number of anilines is 1. The molecule has 0 saturated heterocycles. The van der Waals surface area contributed by atoms with Crippen molar-refractivity contribution >= 4 is 5.69 Å². The summed E-state index contributed by atoms with van der Waals surface area (Å²) in [5.74, 6) is -0.608. The first-order valence-corrected chi connectivity index (χ1v) is 4.39. The van der Waals surface area contributed by atoms with Crippen LogP contribution in [0.4, 0.5) is 14.5 Å². The van der Waals surface area contributed by atoms with Gasteiger partial charge in [-0.15, -0.1) is 0 Å². The summed E-state index contributed by atoms with van der Waals surface area (Å²) in [6.07, 6.45) is 2.11. The Labute approximate surface area is 75.8 Å². The molecule has 70 valence electrons. The van der Waals surface area contributed by atoms with Crippen molar-refractivity contribution in [3.8, 4) is 0 Å². The summed E-state index contributed by atoms with van der Waals surface area (Å²) >= 11 is 0.